The van der Waals surface area contributed by atoms with Gasteiger partial charge in [-0.15, -0.1) is 0 Å². The number of para-hydroxylation sites is 1. The molecule has 1 fully saturated rings. The van der Waals surface area contributed by atoms with Gasteiger partial charge >= 0.3 is 0 Å². The summed E-state index contributed by atoms with van der Waals surface area (Å²) in [4.78, 5) is 16.1. The number of aromatic hydroxyl groups is 1. The van der Waals surface area contributed by atoms with E-state index in [0.717, 1.165) is 36.3 Å². The maximum atomic E-state index is 13.5. The third kappa shape index (κ3) is 4.96. The number of nitrogens with zero attached hydrogens (tertiary/aromatic N) is 1. The molecule has 0 radical (unpaired) electrons. The van der Waals surface area contributed by atoms with Gasteiger partial charge in [0.15, 0.2) is 4.70 Å². The molecule has 1 aliphatic rings. The summed E-state index contributed by atoms with van der Waals surface area (Å²) in [6.45, 7) is 3.83. The smallest absolute Gasteiger partial charge is 0.249 e. The van der Waals surface area contributed by atoms with Crippen molar-refractivity contribution in [2.24, 2.45) is 0 Å². The Morgan fingerprint density at radius 2 is 1.60 bits per heavy atom. The molecule has 0 saturated carbocycles. The molecule has 0 spiro atoms. The Balaban J connectivity index is 1.43. The second-order valence-electron chi connectivity index (χ2n) is 8.94. The number of likely N-dealkylation sites (tertiary alicyclic amines) is 1. The SMILES string of the molecule is O=C(c1ccccc1O)c1c(-c2ccc(OCCN3CCCCCC3)cc2)c2ccccc2[s+]1[O-]. The largest absolute Gasteiger partial charge is 0.590 e. The van der Waals surface area contributed by atoms with E-state index in [1.807, 2.05) is 42.5 Å². The van der Waals surface area contributed by atoms with Gasteiger partial charge in [-0.2, -0.15) is 0 Å². The molecule has 4 aromatic rings. The standard InChI is InChI=1S/C29H29NO4S/c31-25-11-5-3-9-23(25)28(32)29-27(24-10-4-6-12-26(24)35(29)33)21-13-15-22(16-14-21)34-20-19-30-17-7-1-2-8-18-30/h3-6,9-16,31H,1-2,7-8,17-20H2. The van der Waals surface area contributed by atoms with E-state index in [9.17, 15) is 14.5 Å². The molecule has 6 heteroatoms. The van der Waals surface area contributed by atoms with Gasteiger partial charge in [-0.05, 0) is 78.6 Å². The van der Waals surface area contributed by atoms with Crippen molar-refractivity contribution in [3.8, 4) is 22.6 Å². The third-order valence-electron chi connectivity index (χ3n) is 6.64. The molecule has 0 aliphatic carbocycles. The summed E-state index contributed by atoms with van der Waals surface area (Å²) in [6.07, 6.45) is 5.15. The molecule has 0 bridgehead atoms. The van der Waals surface area contributed by atoms with E-state index in [1.54, 1.807) is 24.3 Å². The van der Waals surface area contributed by atoms with Crippen molar-refractivity contribution in [1.29, 1.82) is 0 Å². The van der Waals surface area contributed by atoms with Gasteiger partial charge in [-0.3, -0.25) is 9.69 Å². The Kier molecular flexibility index (Phi) is 7.13. The highest BCUT2D eigenvalue weighted by Gasteiger charge is 2.31. The molecule has 1 atom stereocenters. The molecule has 0 amide bonds. The first-order valence-electron chi connectivity index (χ1n) is 12.2. The number of fused-ring (bicyclic) bond motifs is 1. The first-order valence-corrected chi connectivity index (χ1v) is 13.3. The third-order valence-corrected chi connectivity index (χ3v) is 8.16. The van der Waals surface area contributed by atoms with Gasteiger partial charge < -0.3 is 14.4 Å². The summed E-state index contributed by atoms with van der Waals surface area (Å²) in [5.74, 6) is 0.223. The minimum Gasteiger partial charge on any atom is -0.590 e. The quantitative estimate of drug-likeness (QED) is 0.240. The van der Waals surface area contributed by atoms with Crippen molar-refractivity contribution in [3.05, 3.63) is 83.2 Å². The molecule has 35 heavy (non-hydrogen) atoms. The number of hydrogen-bond acceptors (Lipinski definition) is 5. The lowest BCUT2D eigenvalue weighted by atomic mass is 9.98. The van der Waals surface area contributed by atoms with Crippen LogP contribution in [-0.2, 0) is 0 Å². The number of phenolic OH excluding ortho intramolecular Hbond substituents is 1. The Morgan fingerprint density at radius 3 is 2.34 bits per heavy atom. The molecule has 2 heterocycles. The number of ether oxygens (including phenoxy) is 1. The van der Waals surface area contributed by atoms with Gasteiger partial charge in [0.2, 0.25) is 10.7 Å². The number of ketones is 1. The number of hydrogen-bond donors (Lipinski definition) is 1. The van der Waals surface area contributed by atoms with Crippen molar-refractivity contribution in [1.82, 2.24) is 4.90 Å². The summed E-state index contributed by atoms with van der Waals surface area (Å²) >= 11 is 0. The van der Waals surface area contributed by atoms with Crippen LogP contribution in [-0.4, -0.2) is 46.6 Å². The van der Waals surface area contributed by atoms with Crippen LogP contribution in [0.15, 0.2) is 72.8 Å². The van der Waals surface area contributed by atoms with Crippen LogP contribution in [0.1, 0.15) is 40.9 Å². The van der Waals surface area contributed by atoms with E-state index in [-0.39, 0.29) is 16.2 Å². The van der Waals surface area contributed by atoms with Crippen molar-refractivity contribution < 1.29 is 19.2 Å². The second kappa shape index (κ2) is 10.6. The monoisotopic (exact) mass is 487 g/mol. The van der Waals surface area contributed by atoms with E-state index in [1.165, 1.54) is 31.7 Å². The molecule has 3 aromatic carbocycles. The molecule has 1 saturated heterocycles. The Morgan fingerprint density at radius 1 is 0.914 bits per heavy atom. The fourth-order valence-electron chi connectivity index (χ4n) is 4.80. The van der Waals surface area contributed by atoms with Gasteiger partial charge in [-0.25, -0.2) is 0 Å². The Labute approximate surface area is 208 Å². The highest BCUT2D eigenvalue weighted by molar-refractivity contribution is 7.33. The second-order valence-corrected chi connectivity index (χ2v) is 10.3. The summed E-state index contributed by atoms with van der Waals surface area (Å²) in [6, 6.07) is 21.4. The van der Waals surface area contributed by atoms with Crippen molar-refractivity contribution in [2.45, 2.75) is 25.7 Å². The molecule has 5 rings (SSSR count). The predicted molar refractivity (Wildman–Crippen MR) is 140 cm³/mol. The Bertz CT molecular complexity index is 1320. The van der Waals surface area contributed by atoms with Crippen molar-refractivity contribution in [2.75, 3.05) is 26.2 Å². The van der Waals surface area contributed by atoms with Crippen LogP contribution < -0.4 is 4.74 Å². The van der Waals surface area contributed by atoms with Crippen molar-refractivity contribution in [3.63, 3.8) is 0 Å². The van der Waals surface area contributed by atoms with Crippen LogP contribution >= 0.6 is 10.8 Å². The summed E-state index contributed by atoms with van der Waals surface area (Å²) < 4.78 is 20.0. The van der Waals surface area contributed by atoms with E-state index in [2.05, 4.69) is 4.90 Å². The highest BCUT2D eigenvalue weighted by atomic mass is 32.2. The number of thiophene rings is 1. The average Bonchev–Trinajstić information content (AvgIpc) is 3.01. The van der Waals surface area contributed by atoms with Crippen LogP contribution in [0, 0.1) is 0 Å². The molecular formula is C29H29NO4S. The zero-order chi connectivity index (χ0) is 24.2. The predicted octanol–water partition coefficient (Wildman–Crippen LogP) is 6.43. The number of carbonyl (C=O) groups is 1. The number of phenols is 1. The highest BCUT2D eigenvalue weighted by Crippen LogP contribution is 2.45. The van der Waals surface area contributed by atoms with Crippen LogP contribution in [0.5, 0.6) is 11.5 Å². The molecule has 1 N–H and O–H groups in total. The summed E-state index contributed by atoms with van der Waals surface area (Å²) in [5.41, 5.74) is 1.58. The maximum absolute atomic E-state index is 13.5. The maximum Gasteiger partial charge on any atom is 0.249 e. The summed E-state index contributed by atoms with van der Waals surface area (Å²) in [7, 11) is -1.64. The number of benzene rings is 3. The molecule has 180 valence electrons. The van der Waals surface area contributed by atoms with Crippen molar-refractivity contribution >= 4 is 26.6 Å². The van der Waals surface area contributed by atoms with E-state index in [4.69, 9.17) is 4.74 Å². The van der Waals surface area contributed by atoms with Crippen LogP contribution in [0.25, 0.3) is 21.2 Å². The minimum absolute atomic E-state index is 0.120. The fourth-order valence-corrected chi connectivity index (χ4v) is 6.29. The fraction of sp³-hybridized carbons (Fsp3) is 0.276. The van der Waals surface area contributed by atoms with Crippen LogP contribution in [0.4, 0.5) is 0 Å². The average molecular weight is 488 g/mol. The lowest BCUT2D eigenvalue weighted by Crippen LogP contribution is -2.29. The first-order chi connectivity index (χ1) is 17.1. The van der Waals surface area contributed by atoms with Gasteiger partial charge in [0.05, 0.1) is 11.1 Å². The first kappa shape index (κ1) is 23.5. The lowest BCUT2D eigenvalue weighted by Gasteiger charge is -2.19. The number of rotatable bonds is 7. The molecule has 1 aliphatic heterocycles. The molecular weight excluding hydrogens is 458 g/mol. The molecule has 1 aromatic heterocycles. The van der Waals surface area contributed by atoms with E-state index in [0.29, 0.717) is 16.9 Å². The van der Waals surface area contributed by atoms with Gasteiger partial charge in [0, 0.05) is 11.9 Å². The topological polar surface area (TPSA) is 72.8 Å². The molecule has 5 nitrogen and oxygen atoms in total. The van der Waals surface area contributed by atoms with E-state index < -0.39 is 16.5 Å². The molecule has 1 unspecified atom stereocenters. The normalized spacial score (nSPS) is 15.2. The Hall–Kier alpha value is -3.19. The zero-order valence-corrected chi connectivity index (χ0v) is 20.4. The van der Waals surface area contributed by atoms with Gasteiger partial charge in [0.25, 0.3) is 0 Å². The minimum atomic E-state index is -1.64. The van der Waals surface area contributed by atoms with E-state index >= 15 is 0 Å². The van der Waals surface area contributed by atoms with Gasteiger partial charge in [-0.1, -0.05) is 49.2 Å². The summed E-state index contributed by atoms with van der Waals surface area (Å²) in [5, 5.41) is 11.0. The lowest BCUT2D eigenvalue weighted by molar-refractivity contribution is 0.104. The van der Waals surface area contributed by atoms with Crippen LogP contribution in [0.2, 0.25) is 0 Å². The van der Waals surface area contributed by atoms with Gasteiger partial charge in [0.1, 0.15) is 18.1 Å². The van der Waals surface area contributed by atoms with Crippen LogP contribution in [0.3, 0.4) is 0 Å². The zero-order valence-electron chi connectivity index (χ0n) is 19.6. The number of carbonyl (C=O) groups excluding carboxylic acids is 1.